The minimum atomic E-state index is -0.406. The number of hydrogen-bond donors (Lipinski definition) is 1. The number of esters is 1. The normalized spacial score (nSPS) is 14.4. The Balaban J connectivity index is 2.45. The zero-order chi connectivity index (χ0) is 14.9. The van der Waals surface area contributed by atoms with Gasteiger partial charge < -0.3 is 9.84 Å². The number of carbonyl (C=O) groups is 1. The van der Waals surface area contributed by atoms with E-state index < -0.39 is 5.97 Å². The van der Waals surface area contributed by atoms with E-state index in [1.165, 1.54) is 5.57 Å². The third-order valence-corrected chi connectivity index (χ3v) is 4.14. The molecule has 2 rings (SSSR count). The van der Waals surface area contributed by atoms with Crippen molar-refractivity contribution in [3.05, 3.63) is 39.5 Å². The van der Waals surface area contributed by atoms with Crippen LogP contribution in [-0.4, -0.2) is 11.1 Å². The smallest absolute Gasteiger partial charge is 0.342 e. The molecule has 1 N–H and O–H groups in total. The highest BCUT2D eigenvalue weighted by Crippen LogP contribution is 2.37. The highest BCUT2D eigenvalue weighted by atomic mass is 16.5. The van der Waals surface area contributed by atoms with Gasteiger partial charge in [-0.15, -0.1) is 0 Å². The highest BCUT2D eigenvalue weighted by Gasteiger charge is 2.30. The van der Waals surface area contributed by atoms with Gasteiger partial charge >= 0.3 is 5.97 Å². The lowest BCUT2D eigenvalue weighted by Crippen LogP contribution is -2.02. The molecule has 108 valence electrons. The molecule has 1 aliphatic heterocycles. The standard InChI is InChI=1S/C17H22O3/c1-5-6-10(2)7-8-13-11(3)12(4)14-9-20-17(19)15(14)16(13)18/h7,18H,5-6,8-9H2,1-4H3/b10-7+. The monoisotopic (exact) mass is 274 g/mol. The number of hydrogen-bond acceptors (Lipinski definition) is 3. The molecular formula is C17H22O3. The summed E-state index contributed by atoms with van der Waals surface area (Å²) < 4.78 is 5.04. The van der Waals surface area contributed by atoms with Gasteiger partial charge in [0.1, 0.15) is 17.9 Å². The largest absolute Gasteiger partial charge is 0.507 e. The first kappa shape index (κ1) is 14.6. The van der Waals surface area contributed by atoms with Crippen molar-refractivity contribution in [1.82, 2.24) is 0 Å². The van der Waals surface area contributed by atoms with Crippen LogP contribution < -0.4 is 0 Å². The van der Waals surface area contributed by atoms with E-state index in [1.807, 2.05) is 13.8 Å². The summed E-state index contributed by atoms with van der Waals surface area (Å²) in [4.78, 5) is 11.7. The molecule has 0 fully saturated rings. The van der Waals surface area contributed by atoms with E-state index in [0.717, 1.165) is 35.1 Å². The molecule has 0 unspecified atom stereocenters. The molecule has 20 heavy (non-hydrogen) atoms. The molecule has 0 spiro atoms. The van der Waals surface area contributed by atoms with Crippen LogP contribution in [0.5, 0.6) is 5.75 Å². The molecule has 3 nitrogen and oxygen atoms in total. The van der Waals surface area contributed by atoms with E-state index in [0.29, 0.717) is 12.0 Å². The second-order valence-corrected chi connectivity index (χ2v) is 5.51. The molecular weight excluding hydrogens is 252 g/mol. The van der Waals surface area contributed by atoms with E-state index in [2.05, 4.69) is 19.9 Å². The molecule has 3 heteroatoms. The van der Waals surface area contributed by atoms with Crippen LogP contribution in [0.25, 0.3) is 0 Å². The van der Waals surface area contributed by atoms with Crippen molar-refractivity contribution in [2.45, 2.75) is 53.6 Å². The van der Waals surface area contributed by atoms with Crippen LogP contribution in [0.2, 0.25) is 0 Å². The summed E-state index contributed by atoms with van der Waals surface area (Å²) in [5.74, 6) is -0.303. The third-order valence-electron chi connectivity index (χ3n) is 4.14. The molecule has 0 atom stereocenters. The second kappa shape index (κ2) is 5.70. The molecule has 0 amide bonds. The summed E-state index contributed by atoms with van der Waals surface area (Å²) in [6.45, 7) is 8.51. The van der Waals surface area contributed by atoms with Crippen molar-refractivity contribution < 1.29 is 14.6 Å². The molecule has 0 bridgehead atoms. The molecule has 0 aromatic heterocycles. The fraction of sp³-hybridized carbons (Fsp3) is 0.471. The Morgan fingerprint density at radius 1 is 1.35 bits per heavy atom. The van der Waals surface area contributed by atoms with Gasteiger partial charge in [0.25, 0.3) is 0 Å². The summed E-state index contributed by atoms with van der Waals surface area (Å²) >= 11 is 0. The summed E-state index contributed by atoms with van der Waals surface area (Å²) in [6.07, 6.45) is 4.97. The molecule has 1 aliphatic rings. The predicted molar refractivity (Wildman–Crippen MR) is 79.1 cm³/mol. The lowest BCUT2D eigenvalue weighted by atomic mass is 9.91. The number of rotatable bonds is 4. The zero-order valence-corrected chi connectivity index (χ0v) is 12.7. The average molecular weight is 274 g/mol. The Hall–Kier alpha value is -1.77. The summed E-state index contributed by atoms with van der Waals surface area (Å²) in [6, 6.07) is 0. The number of benzene rings is 1. The Morgan fingerprint density at radius 3 is 2.70 bits per heavy atom. The van der Waals surface area contributed by atoms with Gasteiger partial charge in [-0.05, 0) is 44.7 Å². The summed E-state index contributed by atoms with van der Waals surface area (Å²) in [7, 11) is 0. The second-order valence-electron chi connectivity index (χ2n) is 5.51. The summed E-state index contributed by atoms with van der Waals surface area (Å²) in [5, 5.41) is 10.4. The SMILES string of the molecule is CCC/C(C)=C/Cc1c(C)c(C)c2c(c1O)C(=O)OC2. The van der Waals surface area contributed by atoms with Crippen LogP contribution in [0.4, 0.5) is 0 Å². The number of phenolic OH excluding ortho intramolecular Hbond substituents is 1. The van der Waals surface area contributed by atoms with Crippen molar-refractivity contribution >= 4 is 5.97 Å². The van der Waals surface area contributed by atoms with E-state index in [4.69, 9.17) is 4.74 Å². The number of fused-ring (bicyclic) bond motifs is 1. The minimum absolute atomic E-state index is 0.103. The molecule has 0 radical (unpaired) electrons. The minimum Gasteiger partial charge on any atom is -0.507 e. The van der Waals surface area contributed by atoms with Crippen LogP contribution in [0.3, 0.4) is 0 Å². The van der Waals surface area contributed by atoms with Crippen LogP contribution in [-0.2, 0) is 17.8 Å². The molecule has 1 aromatic carbocycles. The van der Waals surface area contributed by atoms with Crippen LogP contribution in [0.1, 0.15) is 59.3 Å². The van der Waals surface area contributed by atoms with Crippen LogP contribution in [0.15, 0.2) is 11.6 Å². The van der Waals surface area contributed by atoms with Crippen molar-refractivity contribution in [3.63, 3.8) is 0 Å². The molecule has 0 saturated carbocycles. The van der Waals surface area contributed by atoms with E-state index in [9.17, 15) is 9.90 Å². The Morgan fingerprint density at radius 2 is 2.05 bits per heavy atom. The van der Waals surface area contributed by atoms with Gasteiger partial charge in [-0.3, -0.25) is 0 Å². The summed E-state index contributed by atoms with van der Waals surface area (Å²) in [5.41, 5.74) is 5.47. The average Bonchev–Trinajstić information content (AvgIpc) is 2.79. The van der Waals surface area contributed by atoms with Crippen LogP contribution >= 0.6 is 0 Å². The molecule has 0 saturated heterocycles. The number of cyclic esters (lactones) is 1. The first-order valence-electron chi connectivity index (χ1n) is 7.14. The van der Waals surface area contributed by atoms with Crippen molar-refractivity contribution in [3.8, 4) is 5.75 Å². The first-order valence-corrected chi connectivity index (χ1v) is 7.14. The van der Waals surface area contributed by atoms with Gasteiger partial charge in [0.15, 0.2) is 0 Å². The van der Waals surface area contributed by atoms with Gasteiger partial charge in [-0.25, -0.2) is 4.79 Å². The van der Waals surface area contributed by atoms with Crippen molar-refractivity contribution in [1.29, 1.82) is 0 Å². The fourth-order valence-electron chi connectivity index (χ4n) is 2.74. The number of allylic oxidation sites excluding steroid dienone is 2. The predicted octanol–water partition coefficient (Wildman–Crippen LogP) is 3.97. The van der Waals surface area contributed by atoms with Gasteiger partial charge in [0, 0.05) is 11.1 Å². The first-order chi connectivity index (χ1) is 9.47. The van der Waals surface area contributed by atoms with Crippen LogP contribution in [0, 0.1) is 13.8 Å². The van der Waals surface area contributed by atoms with E-state index in [1.54, 1.807) is 0 Å². The highest BCUT2D eigenvalue weighted by molar-refractivity contribution is 5.97. The zero-order valence-electron chi connectivity index (χ0n) is 12.7. The maximum atomic E-state index is 11.7. The lowest BCUT2D eigenvalue weighted by molar-refractivity contribution is 0.0533. The molecule has 1 heterocycles. The Labute approximate surface area is 120 Å². The fourth-order valence-corrected chi connectivity index (χ4v) is 2.74. The van der Waals surface area contributed by atoms with Gasteiger partial charge in [0.05, 0.1) is 0 Å². The number of ether oxygens (including phenoxy) is 1. The maximum absolute atomic E-state index is 11.7. The third kappa shape index (κ3) is 2.45. The van der Waals surface area contributed by atoms with Gasteiger partial charge in [-0.2, -0.15) is 0 Å². The van der Waals surface area contributed by atoms with Crippen molar-refractivity contribution in [2.75, 3.05) is 0 Å². The van der Waals surface area contributed by atoms with E-state index in [-0.39, 0.29) is 12.4 Å². The topological polar surface area (TPSA) is 46.5 Å². The van der Waals surface area contributed by atoms with Gasteiger partial charge in [-0.1, -0.05) is 25.0 Å². The molecule has 0 aliphatic carbocycles. The van der Waals surface area contributed by atoms with Crippen molar-refractivity contribution in [2.24, 2.45) is 0 Å². The quantitative estimate of drug-likeness (QED) is 0.667. The molecule has 1 aromatic rings. The van der Waals surface area contributed by atoms with Gasteiger partial charge in [0.2, 0.25) is 0 Å². The van der Waals surface area contributed by atoms with E-state index >= 15 is 0 Å². The number of carbonyl (C=O) groups excluding carboxylic acids is 1. The number of aromatic hydroxyl groups is 1. The Bertz CT molecular complexity index is 583. The Kier molecular flexibility index (Phi) is 4.17. The number of phenols is 1. The maximum Gasteiger partial charge on any atom is 0.342 e. The lowest BCUT2D eigenvalue weighted by Gasteiger charge is -2.14.